The molecule has 1 atom stereocenters. The summed E-state index contributed by atoms with van der Waals surface area (Å²) in [6, 6.07) is 20.4. The third-order valence-corrected chi connectivity index (χ3v) is 5.99. The number of hydrogen-bond acceptors (Lipinski definition) is 4. The van der Waals surface area contributed by atoms with Crippen LogP contribution in [-0.4, -0.2) is 29.9 Å². The molecule has 1 N–H and O–H groups in total. The van der Waals surface area contributed by atoms with Crippen LogP contribution in [0.2, 0.25) is 5.02 Å². The molecule has 0 aromatic heterocycles. The minimum atomic E-state index is -0.552. The molecular formula is C27H27ClN2O4. The van der Waals surface area contributed by atoms with Gasteiger partial charge in [0.25, 0.3) is 5.91 Å². The maximum Gasteiger partial charge on any atom is 0.264 e. The van der Waals surface area contributed by atoms with Gasteiger partial charge in [0.05, 0.1) is 13.5 Å². The largest absolute Gasteiger partial charge is 0.497 e. The SMILES string of the molecule is CCC1Oc2ccc(NC(=O)Cc3ccc(OC)cc3)cc2CN(Cc2ccc(Cl)cc2)C1=O. The summed E-state index contributed by atoms with van der Waals surface area (Å²) in [6.45, 7) is 2.76. The molecule has 1 unspecified atom stereocenters. The lowest BCUT2D eigenvalue weighted by Gasteiger charge is -2.23. The van der Waals surface area contributed by atoms with Crippen molar-refractivity contribution in [3.05, 3.63) is 88.4 Å². The number of benzene rings is 3. The fourth-order valence-corrected chi connectivity index (χ4v) is 4.05. The van der Waals surface area contributed by atoms with Crippen LogP contribution < -0.4 is 14.8 Å². The smallest absolute Gasteiger partial charge is 0.264 e. The van der Waals surface area contributed by atoms with Crippen molar-refractivity contribution < 1.29 is 19.1 Å². The number of methoxy groups -OCH3 is 1. The van der Waals surface area contributed by atoms with E-state index < -0.39 is 6.10 Å². The summed E-state index contributed by atoms with van der Waals surface area (Å²) in [4.78, 5) is 27.5. The first kappa shape index (κ1) is 23.6. The highest BCUT2D eigenvalue weighted by molar-refractivity contribution is 6.30. The van der Waals surface area contributed by atoms with Gasteiger partial charge < -0.3 is 19.7 Å². The van der Waals surface area contributed by atoms with E-state index in [-0.39, 0.29) is 18.2 Å². The molecule has 2 amide bonds. The molecule has 176 valence electrons. The van der Waals surface area contributed by atoms with Crippen LogP contribution in [0.25, 0.3) is 0 Å². The number of halogens is 1. The summed E-state index contributed by atoms with van der Waals surface area (Å²) < 4.78 is 11.2. The number of nitrogens with zero attached hydrogens (tertiary/aromatic N) is 1. The lowest BCUT2D eigenvalue weighted by Crippen LogP contribution is -2.38. The van der Waals surface area contributed by atoms with Crippen molar-refractivity contribution in [3.63, 3.8) is 0 Å². The fourth-order valence-electron chi connectivity index (χ4n) is 3.92. The predicted molar refractivity (Wildman–Crippen MR) is 132 cm³/mol. The lowest BCUT2D eigenvalue weighted by atomic mass is 10.1. The standard InChI is InChI=1S/C27H27ClN2O4/c1-3-24-27(32)30(16-19-4-8-21(28)9-5-19)17-20-15-22(10-13-25(20)34-24)29-26(31)14-18-6-11-23(33-2)12-7-18/h4-13,15,24H,3,14,16-17H2,1-2H3,(H,29,31). The zero-order chi connectivity index (χ0) is 24.1. The van der Waals surface area contributed by atoms with E-state index in [9.17, 15) is 9.59 Å². The Balaban J connectivity index is 1.50. The molecule has 0 aliphatic carbocycles. The molecule has 3 aromatic carbocycles. The highest BCUT2D eigenvalue weighted by Crippen LogP contribution is 2.30. The first-order chi connectivity index (χ1) is 16.4. The zero-order valence-corrected chi connectivity index (χ0v) is 20.0. The molecule has 0 saturated carbocycles. The summed E-state index contributed by atoms with van der Waals surface area (Å²) in [6.07, 6.45) is 0.260. The van der Waals surface area contributed by atoms with Gasteiger partial charge >= 0.3 is 0 Å². The summed E-state index contributed by atoms with van der Waals surface area (Å²) in [5, 5.41) is 3.61. The van der Waals surface area contributed by atoms with E-state index in [2.05, 4.69) is 5.32 Å². The van der Waals surface area contributed by atoms with Crippen LogP contribution in [0.1, 0.15) is 30.0 Å². The predicted octanol–water partition coefficient (Wildman–Crippen LogP) is 5.23. The maximum absolute atomic E-state index is 13.1. The molecule has 34 heavy (non-hydrogen) atoms. The molecule has 0 bridgehead atoms. The number of hydrogen-bond donors (Lipinski definition) is 1. The molecular weight excluding hydrogens is 452 g/mol. The lowest BCUT2D eigenvalue weighted by molar-refractivity contribution is -0.139. The van der Waals surface area contributed by atoms with E-state index in [0.29, 0.717) is 36.0 Å². The van der Waals surface area contributed by atoms with Crippen LogP contribution in [-0.2, 0) is 29.1 Å². The Labute approximate surface area is 204 Å². The molecule has 1 aliphatic rings. The van der Waals surface area contributed by atoms with Crippen molar-refractivity contribution in [2.45, 2.75) is 39.0 Å². The van der Waals surface area contributed by atoms with Gasteiger partial charge in [-0.3, -0.25) is 9.59 Å². The average Bonchev–Trinajstić information content (AvgIpc) is 2.97. The highest BCUT2D eigenvalue weighted by atomic mass is 35.5. The van der Waals surface area contributed by atoms with Crippen molar-refractivity contribution in [1.82, 2.24) is 4.90 Å². The van der Waals surface area contributed by atoms with E-state index in [4.69, 9.17) is 21.1 Å². The maximum atomic E-state index is 13.1. The van der Waals surface area contributed by atoms with E-state index in [1.54, 1.807) is 18.1 Å². The zero-order valence-electron chi connectivity index (χ0n) is 19.2. The fraction of sp³-hybridized carbons (Fsp3) is 0.259. The summed E-state index contributed by atoms with van der Waals surface area (Å²) >= 11 is 6.00. The number of carbonyl (C=O) groups excluding carboxylic acids is 2. The van der Waals surface area contributed by atoms with Crippen LogP contribution >= 0.6 is 11.6 Å². The molecule has 3 aromatic rings. The van der Waals surface area contributed by atoms with E-state index in [1.165, 1.54) is 0 Å². The first-order valence-corrected chi connectivity index (χ1v) is 11.6. The minimum absolute atomic E-state index is 0.0567. The van der Waals surface area contributed by atoms with E-state index >= 15 is 0 Å². The van der Waals surface area contributed by atoms with Crippen molar-refractivity contribution in [2.75, 3.05) is 12.4 Å². The van der Waals surface area contributed by atoms with Gasteiger partial charge in [-0.25, -0.2) is 0 Å². The molecule has 7 heteroatoms. The second-order valence-electron chi connectivity index (χ2n) is 8.23. The van der Waals surface area contributed by atoms with Gasteiger partial charge in [-0.2, -0.15) is 0 Å². The topological polar surface area (TPSA) is 67.9 Å². The number of amides is 2. The van der Waals surface area contributed by atoms with Crippen molar-refractivity contribution in [2.24, 2.45) is 0 Å². The van der Waals surface area contributed by atoms with Crippen LogP contribution in [0.3, 0.4) is 0 Å². The van der Waals surface area contributed by atoms with Gasteiger partial charge in [-0.1, -0.05) is 42.8 Å². The monoisotopic (exact) mass is 478 g/mol. The Kier molecular flexibility index (Phi) is 7.38. The summed E-state index contributed by atoms with van der Waals surface area (Å²) in [5.41, 5.74) is 3.39. The number of ether oxygens (including phenoxy) is 2. The van der Waals surface area contributed by atoms with Gasteiger partial charge in [-0.05, 0) is 60.0 Å². The molecule has 0 fully saturated rings. The van der Waals surface area contributed by atoms with Crippen LogP contribution in [0.15, 0.2) is 66.7 Å². The van der Waals surface area contributed by atoms with Crippen molar-refractivity contribution >= 4 is 29.1 Å². The third-order valence-electron chi connectivity index (χ3n) is 5.74. The Hall–Kier alpha value is -3.51. The van der Waals surface area contributed by atoms with Crippen LogP contribution in [0, 0.1) is 0 Å². The number of anilines is 1. The van der Waals surface area contributed by atoms with Gasteiger partial charge in [0.1, 0.15) is 11.5 Å². The molecule has 6 nitrogen and oxygen atoms in total. The summed E-state index contributed by atoms with van der Waals surface area (Å²) in [5.74, 6) is 1.23. The van der Waals surface area contributed by atoms with Crippen molar-refractivity contribution in [1.29, 1.82) is 0 Å². The van der Waals surface area contributed by atoms with Gasteiger partial charge in [0.15, 0.2) is 6.10 Å². The van der Waals surface area contributed by atoms with Crippen LogP contribution in [0.5, 0.6) is 11.5 Å². The molecule has 0 radical (unpaired) electrons. The number of nitrogens with one attached hydrogen (secondary N) is 1. The quantitative estimate of drug-likeness (QED) is 0.505. The molecule has 0 saturated heterocycles. The molecule has 0 spiro atoms. The summed E-state index contributed by atoms with van der Waals surface area (Å²) in [7, 11) is 1.61. The second-order valence-corrected chi connectivity index (χ2v) is 8.67. The molecule has 4 rings (SSSR count). The number of fused-ring (bicyclic) bond motifs is 1. The second kappa shape index (κ2) is 10.6. The average molecular weight is 479 g/mol. The Morgan fingerprint density at radius 2 is 1.79 bits per heavy atom. The number of rotatable bonds is 7. The first-order valence-electron chi connectivity index (χ1n) is 11.2. The van der Waals surface area contributed by atoms with E-state index in [0.717, 1.165) is 22.4 Å². The van der Waals surface area contributed by atoms with Crippen LogP contribution in [0.4, 0.5) is 5.69 Å². The Morgan fingerprint density at radius 3 is 2.47 bits per heavy atom. The van der Waals surface area contributed by atoms with Gasteiger partial charge in [-0.15, -0.1) is 0 Å². The minimum Gasteiger partial charge on any atom is -0.497 e. The van der Waals surface area contributed by atoms with E-state index in [1.807, 2.05) is 67.6 Å². The molecule has 1 aliphatic heterocycles. The van der Waals surface area contributed by atoms with Gasteiger partial charge in [0, 0.05) is 29.4 Å². The Morgan fingerprint density at radius 1 is 1.09 bits per heavy atom. The Bertz CT molecular complexity index is 1160. The normalized spacial score (nSPS) is 15.2. The third kappa shape index (κ3) is 5.69. The molecule has 1 heterocycles. The number of carbonyl (C=O) groups is 2. The highest BCUT2D eigenvalue weighted by Gasteiger charge is 2.30. The van der Waals surface area contributed by atoms with Gasteiger partial charge in [0.2, 0.25) is 5.91 Å². The van der Waals surface area contributed by atoms with Crippen molar-refractivity contribution in [3.8, 4) is 11.5 Å².